The fourth-order valence-corrected chi connectivity index (χ4v) is 7.70. The number of benzene rings is 1. The lowest BCUT2D eigenvalue weighted by Crippen LogP contribution is -2.65. The minimum absolute atomic E-state index is 0.0157. The van der Waals surface area contributed by atoms with Gasteiger partial charge in [-0.1, -0.05) is 43.7 Å². The van der Waals surface area contributed by atoms with Gasteiger partial charge in [-0.2, -0.15) is 22.0 Å². The van der Waals surface area contributed by atoms with Crippen LogP contribution in [0.4, 0.5) is 22.0 Å². The maximum atomic E-state index is 15.0. The van der Waals surface area contributed by atoms with E-state index in [0.29, 0.717) is 25.7 Å². The second kappa shape index (κ2) is 7.99. The molecule has 5 rings (SSSR count). The van der Waals surface area contributed by atoms with Crippen LogP contribution in [-0.4, -0.2) is 28.6 Å². The van der Waals surface area contributed by atoms with Gasteiger partial charge >= 0.3 is 12.1 Å². The predicted octanol–water partition coefficient (Wildman–Crippen LogP) is 7.08. The average molecular weight is 495 g/mol. The van der Waals surface area contributed by atoms with Crippen LogP contribution in [0, 0.1) is 17.3 Å². The van der Waals surface area contributed by atoms with Crippen molar-refractivity contribution in [3.63, 3.8) is 0 Å². The summed E-state index contributed by atoms with van der Waals surface area (Å²) in [6.07, 6.45) is -1.59. The molecule has 0 radical (unpaired) electrons. The molecule has 190 valence electrons. The van der Waals surface area contributed by atoms with E-state index in [1.165, 1.54) is 6.92 Å². The van der Waals surface area contributed by atoms with Crippen LogP contribution in [-0.2, 0) is 11.2 Å². The first-order chi connectivity index (χ1) is 16.3. The van der Waals surface area contributed by atoms with Gasteiger partial charge in [0.25, 0.3) is 0 Å². The molecule has 0 amide bonds. The first-order valence-electron chi connectivity index (χ1n) is 12.6. The summed E-state index contributed by atoms with van der Waals surface area (Å²) in [6, 6.07) is 7.83. The third kappa shape index (κ3) is 3.40. The Morgan fingerprint density at radius 2 is 1.71 bits per heavy atom. The van der Waals surface area contributed by atoms with Gasteiger partial charge in [0.2, 0.25) is 0 Å². The number of hydrogen-bond acceptors (Lipinski definition) is 2. The maximum Gasteiger partial charge on any atom is 0.456 e. The van der Waals surface area contributed by atoms with Gasteiger partial charge < -0.3 is 5.11 Å². The van der Waals surface area contributed by atoms with Crippen LogP contribution in [0.3, 0.4) is 0 Å². The number of rotatable bonds is 3. The van der Waals surface area contributed by atoms with Gasteiger partial charge in [0, 0.05) is 17.8 Å². The Hall–Kier alpha value is -2.02. The number of carbonyl (C=O) groups is 1. The van der Waals surface area contributed by atoms with Crippen LogP contribution in [0.15, 0.2) is 47.1 Å². The highest BCUT2D eigenvalue weighted by atomic mass is 19.4. The molecule has 0 bridgehead atoms. The van der Waals surface area contributed by atoms with Crippen LogP contribution in [0.2, 0.25) is 0 Å². The zero-order chi connectivity index (χ0) is 25.4. The van der Waals surface area contributed by atoms with E-state index in [1.807, 2.05) is 31.2 Å². The number of carbonyl (C=O) groups excluding carboxylic acids is 1. The van der Waals surface area contributed by atoms with Crippen LogP contribution < -0.4 is 0 Å². The molecule has 4 aliphatic carbocycles. The fraction of sp³-hybridized carbons (Fsp3) is 0.607. The van der Waals surface area contributed by atoms with E-state index >= 15 is 0 Å². The number of halogens is 5. The van der Waals surface area contributed by atoms with E-state index in [4.69, 9.17) is 0 Å². The Morgan fingerprint density at radius 3 is 2.34 bits per heavy atom. The summed E-state index contributed by atoms with van der Waals surface area (Å²) in [5.74, 6) is -6.18. The first-order valence-corrected chi connectivity index (χ1v) is 12.6. The summed E-state index contributed by atoms with van der Waals surface area (Å²) >= 11 is 0. The zero-order valence-corrected chi connectivity index (χ0v) is 20.0. The minimum atomic E-state index is -5.83. The fourth-order valence-electron chi connectivity index (χ4n) is 7.70. The lowest BCUT2D eigenvalue weighted by atomic mass is 9.50. The molecule has 2 nitrogen and oxygen atoms in total. The van der Waals surface area contributed by atoms with Crippen molar-refractivity contribution in [3.05, 3.63) is 58.2 Å². The number of fused-ring (bicyclic) bond motifs is 4. The highest BCUT2D eigenvalue weighted by Gasteiger charge is 2.79. The van der Waals surface area contributed by atoms with Crippen molar-refractivity contribution in [2.75, 3.05) is 0 Å². The Labute approximate surface area is 202 Å². The molecule has 0 saturated heterocycles. The van der Waals surface area contributed by atoms with E-state index in [-0.39, 0.29) is 30.5 Å². The maximum absolute atomic E-state index is 15.0. The van der Waals surface area contributed by atoms with Gasteiger partial charge in [-0.3, -0.25) is 4.79 Å². The van der Waals surface area contributed by atoms with E-state index < -0.39 is 35.5 Å². The zero-order valence-electron chi connectivity index (χ0n) is 20.0. The standard InChI is InChI=1S/C28H31F5O2/c1-3-16-4-6-17(7-5-16)22-15-25(2)23(12-13-26(25,35)27(29,30)28(31,32)33)21-10-8-18-14-19(34)9-11-20(18)24(21)22/h4-7,14,21-23,35H,3,8-13,15H2,1-2H3/t21-,22+,23-,25-,26-/m0/s1. The molecule has 0 spiro atoms. The first kappa shape index (κ1) is 24.7. The highest BCUT2D eigenvalue weighted by molar-refractivity contribution is 5.93. The summed E-state index contributed by atoms with van der Waals surface area (Å²) in [5, 5.41) is 11.3. The van der Waals surface area contributed by atoms with Crippen molar-refractivity contribution in [2.24, 2.45) is 17.3 Å². The lowest BCUT2D eigenvalue weighted by Gasteiger charge is -2.56. The molecule has 7 heteroatoms. The summed E-state index contributed by atoms with van der Waals surface area (Å²) < 4.78 is 70.7. The Bertz CT molecular complexity index is 1100. The predicted molar refractivity (Wildman–Crippen MR) is 122 cm³/mol. The van der Waals surface area contributed by atoms with E-state index in [1.54, 1.807) is 6.08 Å². The van der Waals surface area contributed by atoms with Gasteiger partial charge in [-0.05, 0) is 85.1 Å². The van der Waals surface area contributed by atoms with Gasteiger partial charge in [0.15, 0.2) is 5.78 Å². The van der Waals surface area contributed by atoms with Crippen molar-refractivity contribution >= 4 is 5.78 Å². The number of allylic oxidation sites excluding steroid dienone is 4. The molecule has 2 saturated carbocycles. The van der Waals surface area contributed by atoms with Crippen LogP contribution >= 0.6 is 0 Å². The molecule has 2 fully saturated rings. The topological polar surface area (TPSA) is 37.3 Å². The molecule has 5 atom stereocenters. The smallest absolute Gasteiger partial charge is 0.383 e. The number of aliphatic hydroxyl groups is 1. The molecule has 4 aliphatic rings. The molecule has 0 heterocycles. The van der Waals surface area contributed by atoms with Crippen molar-refractivity contribution in [1.29, 1.82) is 0 Å². The summed E-state index contributed by atoms with van der Waals surface area (Å²) in [4.78, 5) is 12.1. The normalized spacial score (nSPS) is 35.4. The molecule has 1 N–H and O–H groups in total. The van der Waals surface area contributed by atoms with Crippen molar-refractivity contribution in [2.45, 2.75) is 88.8 Å². The Kier molecular flexibility index (Phi) is 5.63. The van der Waals surface area contributed by atoms with Crippen molar-refractivity contribution in [1.82, 2.24) is 0 Å². The number of aryl methyl sites for hydroxylation is 1. The third-order valence-electron chi connectivity index (χ3n) is 9.55. The van der Waals surface area contributed by atoms with E-state index in [9.17, 15) is 31.9 Å². The molecule has 0 aromatic heterocycles. The van der Waals surface area contributed by atoms with Gasteiger partial charge in [0.1, 0.15) is 5.60 Å². The van der Waals surface area contributed by atoms with E-state index in [2.05, 4.69) is 0 Å². The molecule has 0 unspecified atom stereocenters. The second-order valence-corrected chi connectivity index (χ2v) is 11.1. The highest BCUT2D eigenvalue weighted by Crippen LogP contribution is 2.70. The lowest BCUT2D eigenvalue weighted by molar-refractivity contribution is -0.362. The monoisotopic (exact) mass is 494 g/mol. The molecule has 1 aromatic carbocycles. The van der Waals surface area contributed by atoms with E-state index in [0.717, 1.165) is 34.3 Å². The number of hydrogen-bond donors (Lipinski definition) is 1. The van der Waals surface area contributed by atoms with Gasteiger partial charge in [0.05, 0.1) is 0 Å². The number of alkyl halides is 5. The second-order valence-electron chi connectivity index (χ2n) is 11.1. The third-order valence-corrected chi connectivity index (χ3v) is 9.55. The van der Waals surface area contributed by atoms with Crippen molar-refractivity contribution < 1.29 is 31.9 Å². The SMILES string of the molecule is CCc1ccc([C@H]2C[C@@]3(C)[C@@H](CC[C@@]3(O)C(F)(F)C(F)(F)F)[C@@H]3CCC4=CC(=O)CCC4=C32)cc1. The molecule has 0 aliphatic heterocycles. The molecular weight excluding hydrogens is 463 g/mol. The summed E-state index contributed by atoms with van der Waals surface area (Å²) in [5.41, 5.74) is 0.375. The summed E-state index contributed by atoms with van der Waals surface area (Å²) in [7, 11) is 0. The van der Waals surface area contributed by atoms with Crippen LogP contribution in [0.5, 0.6) is 0 Å². The Balaban J connectivity index is 1.68. The Morgan fingerprint density at radius 1 is 1.03 bits per heavy atom. The van der Waals surface area contributed by atoms with Crippen molar-refractivity contribution in [3.8, 4) is 0 Å². The molecule has 35 heavy (non-hydrogen) atoms. The van der Waals surface area contributed by atoms with Gasteiger partial charge in [-0.15, -0.1) is 0 Å². The van der Waals surface area contributed by atoms with Gasteiger partial charge in [-0.25, -0.2) is 0 Å². The van der Waals surface area contributed by atoms with Crippen LogP contribution in [0.1, 0.15) is 75.8 Å². The molecular formula is C28H31F5O2. The average Bonchev–Trinajstić information content (AvgIpc) is 3.09. The minimum Gasteiger partial charge on any atom is -0.383 e. The largest absolute Gasteiger partial charge is 0.456 e. The van der Waals surface area contributed by atoms with Crippen LogP contribution in [0.25, 0.3) is 0 Å². The summed E-state index contributed by atoms with van der Waals surface area (Å²) in [6.45, 7) is 3.48. The molecule has 1 aromatic rings. The number of ketones is 1. The quantitative estimate of drug-likeness (QED) is 0.456.